The van der Waals surface area contributed by atoms with Gasteiger partial charge in [0.1, 0.15) is 9.88 Å². The fourth-order valence-corrected chi connectivity index (χ4v) is 2.68. The Morgan fingerprint density at radius 3 is 2.90 bits per heavy atom. The second-order valence-electron chi connectivity index (χ2n) is 4.46. The summed E-state index contributed by atoms with van der Waals surface area (Å²) in [6, 6.07) is 5.48. The van der Waals surface area contributed by atoms with Crippen molar-refractivity contribution in [2.75, 3.05) is 0 Å². The van der Waals surface area contributed by atoms with Gasteiger partial charge in [-0.15, -0.1) is 11.3 Å². The minimum absolute atomic E-state index is 0.185. The number of aromatic amines is 2. The predicted octanol–water partition coefficient (Wildman–Crippen LogP) is 0.701. The van der Waals surface area contributed by atoms with E-state index >= 15 is 0 Å². The molecule has 0 unspecified atom stereocenters. The Balaban J connectivity index is 1.70. The van der Waals surface area contributed by atoms with Gasteiger partial charge >= 0.3 is 5.69 Å². The maximum absolute atomic E-state index is 12.0. The minimum atomic E-state index is -0.245. The number of thiazole rings is 1. The van der Waals surface area contributed by atoms with Gasteiger partial charge in [0.15, 0.2) is 0 Å². The lowest BCUT2D eigenvalue weighted by Crippen LogP contribution is -2.21. The van der Waals surface area contributed by atoms with E-state index in [-0.39, 0.29) is 11.6 Å². The van der Waals surface area contributed by atoms with Crippen molar-refractivity contribution in [1.82, 2.24) is 20.3 Å². The van der Waals surface area contributed by atoms with Crippen LogP contribution in [0.5, 0.6) is 0 Å². The molecule has 0 fully saturated rings. The average molecular weight is 303 g/mol. The van der Waals surface area contributed by atoms with E-state index in [0.717, 1.165) is 21.6 Å². The molecule has 5 N–H and O–H groups in total. The van der Waals surface area contributed by atoms with Gasteiger partial charge < -0.3 is 21.0 Å². The summed E-state index contributed by atoms with van der Waals surface area (Å²) in [5.74, 6) is -0.185. The van der Waals surface area contributed by atoms with E-state index in [2.05, 4.69) is 20.3 Å². The highest BCUT2D eigenvalue weighted by Gasteiger charge is 2.09. The van der Waals surface area contributed by atoms with Crippen molar-refractivity contribution >= 4 is 28.3 Å². The van der Waals surface area contributed by atoms with Gasteiger partial charge in [-0.05, 0) is 17.7 Å². The molecule has 0 atom stereocenters. The molecule has 8 heteroatoms. The Bertz CT molecular complexity index is 847. The van der Waals surface area contributed by atoms with Crippen molar-refractivity contribution in [1.29, 1.82) is 0 Å². The quantitative estimate of drug-likeness (QED) is 0.567. The van der Waals surface area contributed by atoms with Gasteiger partial charge in [0.2, 0.25) is 0 Å². The minimum Gasteiger partial charge on any atom is -0.347 e. The third-order valence-corrected chi connectivity index (χ3v) is 4.00. The van der Waals surface area contributed by atoms with E-state index in [1.165, 1.54) is 17.5 Å². The number of amides is 1. The van der Waals surface area contributed by atoms with Crippen molar-refractivity contribution in [3.05, 3.63) is 50.3 Å². The molecule has 2 heterocycles. The molecular weight excluding hydrogens is 290 g/mol. The first-order chi connectivity index (χ1) is 10.2. The first kappa shape index (κ1) is 13.5. The van der Waals surface area contributed by atoms with Crippen molar-refractivity contribution in [2.24, 2.45) is 5.73 Å². The first-order valence-corrected chi connectivity index (χ1v) is 7.11. The summed E-state index contributed by atoms with van der Waals surface area (Å²) in [6.07, 6.45) is 1.52. The topological polar surface area (TPSA) is 117 Å². The highest BCUT2D eigenvalue weighted by molar-refractivity contribution is 7.13. The van der Waals surface area contributed by atoms with Gasteiger partial charge in [0.05, 0.1) is 17.2 Å². The summed E-state index contributed by atoms with van der Waals surface area (Å²) in [4.78, 5) is 33.1. The molecule has 0 aliphatic carbocycles. The number of benzene rings is 1. The Morgan fingerprint density at radius 2 is 2.14 bits per heavy atom. The van der Waals surface area contributed by atoms with Crippen LogP contribution in [-0.2, 0) is 13.1 Å². The number of aromatic nitrogens is 3. The number of nitrogens with zero attached hydrogens (tertiary/aromatic N) is 1. The van der Waals surface area contributed by atoms with E-state index in [0.29, 0.717) is 18.0 Å². The average Bonchev–Trinajstić information content (AvgIpc) is 3.09. The number of rotatable bonds is 4. The predicted molar refractivity (Wildman–Crippen MR) is 80.1 cm³/mol. The summed E-state index contributed by atoms with van der Waals surface area (Å²) in [5, 5.41) is 3.54. The third kappa shape index (κ3) is 2.86. The SMILES string of the molecule is NCc1ncc(C(=O)NCc2ccc3[nH]c(=O)[nH]c3c2)s1. The number of fused-ring (bicyclic) bond motifs is 1. The first-order valence-electron chi connectivity index (χ1n) is 6.29. The van der Waals surface area contributed by atoms with Crippen LogP contribution in [0.15, 0.2) is 29.2 Å². The molecule has 0 aliphatic heterocycles. The zero-order valence-corrected chi connectivity index (χ0v) is 11.8. The molecule has 3 rings (SSSR count). The van der Waals surface area contributed by atoms with E-state index in [1.54, 1.807) is 6.07 Å². The van der Waals surface area contributed by atoms with Gasteiger partial charge in [0.25, 0.3) is 5.91 Å². The fraction of sp³-hybridized carbons (Fsp3) is 0.154. The van der Waals surface area contributed by atoms with Crippen LogP contribution < -0.4 is 16.7 Å². The Labute approximate surface area is 123 Å². The van der Waals surface area contributed by atoms with Crippen molar-refractivity contribution < 1.29 is 4.79 Å². The van der Waals surface area contributed by atoms with Gasteiger partial charge in [-0.3, -0.25) is 4.79 Å². The molecule has 0 bridgehead atoms. The van der Waals surface area contributed by atoms with Crippen molar-refractivity contribution in [2.45, 2.75) is 13.1 Å². The standard InChI is InChI=1S/C13H13N5O2S/c14-4-11-15-6-10(21-11)12(19)16-5-7-1-2-8-9(3-7)18-13(20)17-8/h1-3,6H,4-5,14H2,(H,16,19)(H2,17,18,20). The van der Waals surface area contributed by atoms with Gasteiger partial charge in [-0.2, -0.15) is 0 Å². The van der Waals surface area contributed by atoms with Crippen LogP contribution in [-0.4, -0.2) is 20.9 Å². The number of carbonyl (C=O) groups excluding carboxylic acids is 1. The molecule has 108 valence electrons. The molecule has 0 radical (unpaired) electrons. The summed E-state index contributed by atoms with van der Waals surface area (Å²) in [6.45, 7) is 0.702. The monoisotopic (exact) mass is 303 g/mol. The van der Waals surface area contributed by atoms with Crippen molar-refractivity contribution in [3.63, 3.8) is 0 Å². The molecule has 1 aromatic carbocycles. The Hall–Kier alpha value is -2.45. The van der Waals surface area contributed by atoms with Crippen LogP contribution in [0.4, 0.5) is 0 Å². The van der Waals surface area contributed by atoms with E-state index < -0.39 is 0 Å². The number of H-pyrrole nitrogens is 2. The van der Waals surface area contributed by atoms with Crippen LogP contribution in [0.1, 0.15) is 20.2 Å². The molecule has 3 aromatic rings. The lowest BCUT2D eigenvalue weighted by Gasteiger charge is -2.03. The Kier molecular flexibility index (Phi) is 3.55. The second kappa shape index (κ2) is 5.51. The molecule has 1 amide bonds. The largest absolute Gasteiger partial charge is 0.347 e. The molecule has 0 spiro atoms. The molecule has 0 aliphatic rings. The van der Waals surface area contributed by atoms with Crippen LogP contribution in [0.3, 0.4) is 0 Å². The number of nitrogens with one attached hydrogen (secondary N) is 3. The number of carbonyl (C=O) groups is 1. The summed E-state index contributed by atoms with van der Waals surface area (Å²) in [5.41, 5.74) is 7.58. The zero-order chi connectivity index (χ0) is 14.8. The fourth-order valence-electron chi connectivity index (χ4n) is 1.97. The molecular formula is C13H13N5O2S. The number of hydrogen-bond donors (Lipinski definition) is 4. The smallest absolute Gasteiger partial charge is 0.323 e. The molecule has 2 aromatic heterocycles. The van der Waals surface area contributed by atoms with Crippen LogP contribution >= 0.6 is 11.3 Å². The number of hydrogen-bond acceptors (Lipinski definition) is 5. The normalized spacial score (nSPS) is 10.9. The lowest BCUT2D eigenvalue weighted by molar-refractivity contribution is 0.0955. The highest BCUT2D eigenvalue weighted by Crippen LogP contribution is 2.13. The summed E-state index contributed by atoms with van der Waals surface area (Å²) >= 11 is 1.28. The van der Waals surface area contributed by atoms with Gasteiger partial charge in [0, 0.05) is 13.1 Å². The second-order valence-corrected chi connectivity index (χ2v) is 5.58. The van der Waals surface area contributed by atoms with E-state index in [4.69, 9.17) is 5.73 Å². The van der Waals surface area contributed by atoms with E-state index in [1.807, 2.05) is 12.1 Å². The van der Waals surface area contributed by atoms with Crippen LogP contribution in [0.2, 0.25) is 0 Å². The maximum Gasteiger partial charge on any atom is 0.323 e. The third-order valence-electron chi connectivity index (χ3n) is 2.99. The lowest BCUT2D eigenvalue weighted by atomic mass is 10.2. The highest BCUT2D eigenvalue weighted by atomic mass is 32.1. The van der Waals surface area contributed by atoms with Crippen LogP contribution in [0, 0.1) is 0 Å². The van der Waals surface area contributed by atoms with Crippen molar-refractivity contribution in [3.8, 4) is 0 Å². The van der Waals surface area contributed by atoms with Gasteiger partial charge in [-0.1, -0.05) is 6.07 Å². The van der Waals surface area contributed by atoms with E-state index in [9.17, 15) is 9.59 Å². The number of imidazole rings is 1. The van der Waals surface area contributed by atoms with Crippen LogP contribution in [0.25, 0.3) is 11.0 Å². The van der Waals surface area contributed by atoms with Gasteiger partial charge in [-0.25, -0.2) is 9.78 Å². The maximum atomic E-state index is 12.0. The zero-order valence-electron chi connectivity index (χ0n) is 11.0. The molecule has 0 saturated heterocycles. The number of nitrogens with two attached hydrogens (primary N) is 1. The molecule has 21 heavy (non-hydrogen) atoms. The summed E-state index contributed by atoms with van der Waals surface area (Å²) in [7, 11) is 0. The summed E-state index contributed by atoms with van der Waals surface area (Å²) < 4.78 is 0. The molecule has 0 saturated carbocycles. The Morgan fingerprint density at radius 1 is 1.33 bits per heavy atom. The molecule has 7 nitrogen and oxygen atoms in total.